The van der Waals surface area contributed by atoms with Gasteiger partial charge in [-0.1, -0.05) is 48.5 Å². The molecule has 0 fully saturated rings. The lowest BCUT2D eigenvalue weighted by Gasteiger charge is -2.21. The molecule has 0 amide bonds. The lowest BCUT2D eigenvalue weighted by Crippen LogP contribution is -2.16. The Balaban J connectivity index is 2.02. The van der Waals surface area contributed by atoms with Crippen LogP contribution in [0.25, 0.3) is 10.8 Å². The summed E-state index contributed by atoms with van der Waals surface area (Å²) in [5.74, 6) is 1.18. The number of hydrogen-bond acceptors (Lipinski definition) is 2. The van der Waals surface area contributed by atoms with Gasteiger partial charge >= 0.3 is 0 Å². The maximum atomic E-state index is 6.15. The molecule has 0 aliphatic heterocycles. The molecule has 0 saturated carbocycles. The molecule has 3 aromatic carbocycles. The van der Waals surface area contributed by atoms with Crippen molar-refractivity contribution in [1.29, 1.82) is 0 Å². The summed E-state index contributed by atoms with van der Waals surface area (Å²) in [6.07, 6.45) is 0.913. The number of rotatable bonds is 5. The van der Waals surface area contributed by atoms with Crippen molar-refractivity contribution in [2.45, 2.75) is 26.2 Å². The minimum atomic E-state index is 0.241. The number of methoxy groups -OCH3 is 1. The number of hydrogen-bond donors (Lipinski definition) is 1. The third-order valence-electron chi connectivity index (χ3n) is 4.92. The van der Waals surface area contributed by atoms with Gasteiger partial charge in [0.25, 0.3) is 0 Å². The van der Waals surface area contributed by atoms with Crippen LogP contribution in [0.5, 0.6) is 5.75 Å². The Kier molecular flexibility index (Phi) is 4.86. The van der Waals surface area contributed by atoms with Gasteiger partial charge in [-0.3, -0.25) is 0 Å². The molecule has 0 saturated heterocycles. The molecular formula is C22H25NO. The summed E-state index contributed by atoms with van der Waals surface area (Å²) in [7, 11) is 1.74. The van der Waals surface area contributed by atoms with Crippen LogP contribution in [-0.2, 0) is 6.42 Å². The van der Waals surface area contributed by atoms with Crippen LogP contribution in [0.1, 0.15) is 28.2 Å². The van der Waals surface area contributed by atoms with E-state index < -0.39 is 0 Å². The molecule has 0 spiro atoms. The Bertz CT molecular complexity index is 848. The predicted molar refractivity (Wildman–Crippen MR) is 102 cm³/mol. The molecule has 0 aliphatic rings. The van der Waals surface area contributed by atoms with E-state index in [0.29, 0.717) is 6.54 Å². The smallest absolute Gasteiger partial charge is 0.122 e. The zero-order chi connectivity index (χ0) is 17.1. The predicted octanol–water partition coefficient (Wildman–Crippen LogP) is 4.75. The van der Waals surface area contributed by atoms with Crippen LogP contribution in [0.2, 0.25) is 0 Å². The topological polar surface area (TPSA) is 35.2 Å². The first-order chi connectivity index (χ1) is 11.6. The summed E-state index contributed by atoms with van der Waals surface area (Å²) < 4.78 is 5.63. The molecule has 1 atom stereocenters. The fourth-order valence-corrected chi connectivity index (χ4v) is 3.36. The summed E-state index contributed by atoms with van der Waals surface area (Å²) in [5, 5.41) is 2.58. The van der Waals surface area contributed by atoms with Crippen LogP contribution < -0.4 is 10.5 Å². The number of fused-ring (bicyclic) bond motifs is 1. The van der Waals surface area contributed by atoms with Crippen molar-refractivity contribution >= 4 is 10.8 Å². The number of nitrogens with two attached hydrogens (primary N) is 1. The maximum Gasteiger partial charge on any atom is 0.122 e. The highest BCUT2D eigenvalue weighted by atomic mass is 16.5. The van der Waals surface area contributed by atoms with Crippen LogP contribution in [0.15, 0.2) is 54.6 Å². The van der Waals surface area contributed by atoms with Crippen molar-refractivity contribution in [2.75, 3.05) is 13.7 Å². The summed E-state index contributed by atoms with van der Waals surface area (Å²) in [6, 6.07) is 19.4. The average Bonchev–Trinajstić information content (AvgIpc) is 2.61. The normalized spacial score (nSPS) is 12.3. The van der Waals surface area contributed by atoms with E-state index in [1.807, 2.05) is 0 Å². The summed E-state index contributed by atoms with van der Waals surface area (Å²) in [5.41, 5.74) is 11.2. The Morgan fingerprint density at radius 2 is 1.67 bits per heavy atom. The van der Waals surface area contributed by atoms with Gasteiger partial charge in [0.15, 0.2) is 0 Å². The van der Waals surface area contributed by atoms with E-state index in [1.165, 1.54) is 33.0 Å². The second-order valence-electron chi connectivity index (χ2n) is 6.45. The van der Waals surface area contributed by atoms with Crippen molar-refractivity contribution in [3.05, 3.63) is 76.9 Å². The number of aryl methyl sites for hydroxylation is 2. The second-order valence-corrected chi connectivity index (χ2v) is 6.45. The average molecular weight is 319 g/mol. The molecule has 0 bridgehead atoms. The fourth-order valence-electron chi connectivity index (χ4n) is 3.36. The van der Waals surface area contributed by atoms with Gasteiger partial charge in [-0.2, -0.15) is 0 Å². The largest absolute Gasteiger partial charge is 0.496 e. The van der Waals surface area contributed by atoms with E-state index in [4.69, 9.17) is 10.5 Å². The monoisotopic (exact) mass is 319 g/mol. The third kappa shape index (κ3) is 3.15. The molecule has 2 nitrogen and oxygen atoms in total. The lowest BCUT2D eigenvalue weighted by atomic mass is 9.87. The summed E-state index contributed by atoms with van der Waals surface area (Å²) in [4.78, 5) is 0. The molecule has 2 N–H and O–H groups in total. The zero-order valence-corrected chi connectivity index (χ0v) is 14.7. The van der Waals surface area contributed by atoms with Gasteiger partial charge in [-0.15, -0.1) is 0 Å². The highest BCUT2D eigenvalue weighted by Crippen LogP contribution is 2.33. The molecule has 3 aromatic rings. The van der Waals surface area contributed by atoms with Gasteiger partial charge < -0.3 is 10.5 Å². The first-order valence-corrected chi connectivity index (χ1v) is 8.46. The van der Waals surface area contributed by atoms with E-state index in [0.717, 1.165) is 12.2 Å². The van der Waals surface area contributed by atoms with Crippen LogP contribution in [0.4, 0.5) is 0 Å². The molecule has 3 rings (SSSR count). The van der Waals surface area contributed by atoms with E-state index in [1.54, 1.807) is 7.11 Å². The van der Waals surface area contributed by atoms with Crippen molar-refractivity contribution in [1.82, 2.24) is 0 Å². The Morgan fingerprint density at radius 3 is 2.42 bits per heavy atom. The lowest BCUT2D eigenvalue weighted by molar-refractivity contribution is 0.405. The standard InChI is InChI=1S/C22H25NO/c1-15-11-21(22(24-3)12-16(15)2)19(14-23)13-18-9-6-8-17-7-4-5-10-20(17)18/h4-12,19H,13-14,23H2,1-3H3. The number of ether oxygens (including phenoxy) is 1. The van der Waals surface area contributed by atoms with Crippen molar-refractivity contribution < 1.29 is 4.74 Å². The van der Waals surface area contributed by atoms with Crippen molar-refractivity contribution in [3.63, 3.8) is 0 Å². The van der Waals surface area contributed by atoms with E-state index in [2.05, 4.69) is 68.4 Å². The molecule has 1 unspecified atom stereocenters. The van der Waals surface area contributed by atoms with E-state index in [-0.39, 0.29) is 5.92 Å². The first kappa shape index (κ1) is 16.5. The zero-order valence-electron chi connectivity index (χ0n) is 14.7. The Hall–Kier alpha value is -2.32. The molecular weight excluding hydrogens is 294 g/mol. The van der Waals surface area contributed by atoms with Crippen molar-refractivity contribution in [2.24, 2.45) is 5.73 Å². The van der Waals surface area contributed by atoms with E-state index >= 15 is 0 Å². The second kappa shape index (κ2) is 7.06. The molecule has 24 heavy (non-hydrogen) atoms. The van der Waals surface area contributed by atoms with Crippen LogP contribution in [0, 0.1) is 13.8 Å². The summed E-state index contributed by atoms with van der Waals surface area (Å²) >= 11 is 0. The van der Waals surface area contributed by atoms with Crippen molar-refractivity contribution in [3.8, 4) is 5.75 Å². The maximum absolute atomic E-state index is 6.15. The highest BCUT2D eigenvalue weighted by molar-refractivity contribution is 5.85. The van der Waals surface area contributed by atoms with Gasteiger partial charge in [0.2, 0.25) is 0 Å². The Morgan fingerprint density at radius 1 is 0.958 bits per heavy atom. The molecule has 0 aliphatic carbocycles. The number of benzene rings is 3. The molecule has 0 aromatic heterocycles. The van der Waals surface area contributed by atoms with Gasteiger partial charge in [-0.05, 0) is 65.9 Å². The molecule has 0 heterocycles. The molecule has 0 radical (unpaired) electrons. The Labute approximate surface area is 144 Å². The minimum Gasteiger partial charge on any atom is -0.496 e. The fraction of sp³-hybridized carbons (Fsp3) is 0.273. The molecule has 2 heteroatoms. The quantitative estimate of drug-likeness (QED) is 0.736. The third-order valence-corrected chi connectivity index (χ3v) is 4.92. The van der Waals surface area contributed by atoms with Gasteiger partial charge in [0.1, 0.15) is 5.75 Å². The molecule has 124 valence electrons. The minimum absolute atomic E-state index is 0.241. The first-order valence-electron chi connectivity index (χ1n) is 8.46. The van der Waals surface area contributed by atoms with Crippen LogP contribution >= 0.6 is 0 Å². The highest BCUT2D eigenvalue weighted by Gasteiger charge is 2.17. The van der Waals surface area contributed by atoms with Crippen LogP contribution in [-0.4, -0.2) is 13.7 Å². The van der Waals surface area contributed by atoms with E-state index in [9.17, 15) is 0 Å². The van der Waals surface area contributed by atoms with Crippen LogP contribution in [0.3, 0.4) is 0 Å². The van der Waals surface area contributed by atoms with Gasteiger partial charge in [0, 0.05) is 5.92 Å². The summed E-state index contributed by atoms with van der Waals surface area (Å²) in [6.45, 7) is 4.86. The van der Waals surface area contributed by atoms with Gasteiger partial charge in [-0.25, -0.2) is 0 Å². The SMILES string of the molecule is COc1cc(C)c(C)cc1C(CN)Cc1cccc2ccccc12. The van der Waals surface area contributed by atoms with Gasteiger partial charge in [0.05, 0.1) is 7.11 Å².